The van der Waals surface area contributed by atoms with E-state index < -0.39 is 10.0 Å². The molecule has 5 rings (SSSR count). The van der Waals surface area contributed by atoms with E-state index in [9.17, 15) is 13.2 Å². The summed E-state index contributed by atoms with van der Waals surface area (Å²) in [4.78, 5) is 21.4. The van der Waals surface area contributed by atoms with Crippen molar-refractivity contribution in [1.82, 2.24) is 9.97 Å². The second-order valence-corrected chi connectivity index (χ2v) is 11.6. The smallest absolute Gasteiger partial charge is 0.268 e. The van der Waals surface area contributed by atoms with E-state index in [2.05, 4.69) is 15.3 Å². The van der Waals surface area contributed by atoms with Crippen molar-refractivity contribution in [3.8, 4) is 11.3 Å². The van der Waals surface area contributed by atoms with Crippen LogP contribution in [-0.2, 0) is 27.8 Å². The number of halogens is 1. The largest absolute Gasteiger partial charge is 0.325 e. The van der Waals surface area contributed by atoms with Crippen LogP contribution in [0.15, 0.2) is 89.0 Å². The number of fused-ring (bicyclic) bond motifs is 3. The standard InChI is InChI=1S/C27H23ClN4O3S2/c1-2-19-10-6-7-11-22(19)30-25(33)17-36-27-29-15-24-26(31-27)21-14-20(28)12-13-23(21)32(37(24,34)35)16-18-8-4-3-5-9-18/h3-15H,2,16-17H2,1H3,(H,30,33). The maximum atomic E-state index is 13.6. The van der Waals surface area contributed by atoms with Crippen LogP contribution in [0.5, 0.6) is 0 Å². The molecule has 1 amide bonds. The van der Waals surface area contributed by atoms with Gasteiger partial charge < -0.3 is 5.32 Å². The fourth-order valence-corrected chi connectivity index (χ4v) is 6.50. The minimum Gasteiger partial charge on any atom is -0.325 e. The minimum atomic E-state index is -3.93. The predicted molar refractivity (Wildman–Crippen MR) is 147 cm³/mol. The zero-order valence-corrected chi connectivity index (χ0v) is 22.3. The average Bonchev–Trinajstić information content (AvgIpc) is 2.91. The fraction of sp³-hybridized carbons (Fsp3) is 0.148. The molecule has 3 aromatic carbocycles. The topological polar surface area (TPSA) is 92.3 Å². The van der Waals surface area contributed by atoms with Crippen LogP contribution in [-0.4, -0.2) is 30.0 Å². The average molecular weight is 551 g/mol. The number of aryl methyl sites for hydroxylation is 1. The van der Waals surface area contributed by atoms with Gasteiger partial charge in [-0.1, -0.05) is 78.8 Å². The molecule has 4 aromatic rings. The van der Waals surface area contributed by atoms with Gasteiger partial charge in [0, 0.05) is 16.3 Å². The number of aromatic nitrogens is 2. The Morgan fingerprint density at radius 3 is 2.59 bits per heavy atom. The third-order valence-electron chi connectivity index (χ3n) is 5.96. The number of hydrogen-bond donors (Lipinski definition) is 1. The van der Waals surface area contributed by atoms with Crippen LogP contribution in [0.3, 0.4) is 0 Å². The van der Waals surface area contributed by atoms with Gasteiger partial charge in [0.2, 0.25) is 5.91 Å². The highest BCUT2D eigenvalue weighted by atomic mass is 35.5. The number of rotatable bonds is 7. The monoisotopic (exact) mass is 550 g/mol. The number of anilines is 2. The van der Waals surface area contributed by atoms with E-state index in [1.165, 1.54) is 10.5 Å². The van der Waals surface area contributed by atoms with E-state index in [-0.39, 0.29) is 28.8 Å². The summed E-state index contributed by atoms with van der Waals surface area (Å²) >= 11 is 7.44. The van der Waals surface area contributed by atoms with E-state index in [0.717, 1.165) is 35.0 Å². The van der Waals surface area contributed by atoms with Crippen LogP contribution in [0, 0.1) is 0 Å². The normalized spacial score (nSPS) is 13.5. The molecule has 0 saturated heterocycles. The second kappa shape index (κ2) is 10.5. The highest BCUT2D eigenvalue weighted by Crippen LogP contribution is 2.44. The quantitative estimate of drug-likeness (QED) is 0.231. The SMILES string of the molecule is CCc1ccccc1NC(=O)CSc1ncc2c(n1)-c1cc(Cl)ccc1N(Cc1ccccc1)S2(=O)=O. The molecule has 0 spiro atoms. The lowest BCUT2D eigenvalue weighted by atomic mass is 10.1. The maximum Gasteiger partial charge on any atom is 0.268 e. The summed E-state index contributed by atoms with van der Waals surface area (Å²) in [6.45, 7) is 2.19. The Hall–Kier alpha value is -3.40. The zero-order valence-electron chi connectivity index (χ0n) is 19.9. The highest BCUT2D eigenvalue weighted by molar-refractivity contribution is 7.99. The highest BCUT2D eigenvalue weighted by Gasteiger charge is 2.37. The summed E-state index contributed by atoms with van der Waals surface area (Å²) in [7, 11) is -3.93. The molecule has 7 nitrogen and oxygen atoms in total. The van der Waals surface area contributed by atoms with Gasteiger partial charge in [0.1, 0.15) is 4.90 Å². The van der Waals surface area contributed by atoms with Crippen LogP contribution in [0.1, 0.15) is 18.1 Å². The molecule has 1 aromatic heterocycles. The molecule has 188 valence electrons. The molecule has 1 N–H and O–H groups in total. The molecule has 0 saturated carbocycles. The summed E-state index contributed by atoms with van der Waals surface area (Å²) in [5.74, 6) is -0.121. The maximum absolute atomic E-state index is 13.6. The van der Waals surface area contributed by atoms with Crippen molar-refractivity contribution >= 4 is 50.7 Å². The molecule has 0 radical (unpaired) electrons. The molecular weight excluding hydrogens is 528 g/mol. The Morgan fingerprint density at radius 1 is 1.05 bits per heavy atom. The number of nitrogens with zero attached hydrogens (tertiary/aromatic N) is 3. The Kier molecular flexibility index (Phi) is 7.19. The van der Waals surface area contributed by atoms with E-state index in [1.807, 2.05) is 61.5 Å². The third kappa shape index (κ3) is 5.20. The van der Waals surface area contributed by atoms with Gasteiger partial charge in [0.25, 0.3) is 10.0 Å². The summed E-state index contributed by atoms with van der Waals surface area (Å²) in [6.07, 6.45) is 2.11. The first-order chi connectivity index (χ1) is 17.9. The molecule has 1 aliphatic heterocycles. The molecular formula is C27H23ClN4O3S2. The fourth-order valence-electron chi connectivity index (χ4n) is 4.16. The van der Waals surface area contributed by atoms with Gasteiger partial charge in [-0.25, -0.2) is 18.4 Å². The second-order valence-electron chi connectivity index (χ2n) is 8.37. The van der Waals surface area contributed by atoms with Crippen LogP contribution < -0.4 is 9.62 Å². The summed E-state index contributed by atoms with van der Waals surface area (Å²) < 4.78 is 28.6. The van der Waals surface area contributed by atoms with E-state index in [1.54, 1.807) is 18.2 Å². The van der Waals surface area contributed by atoms with Gasteiger partial charge in [-0.05, 0) is 41.8 Å². The lowest BCUT2D eigenvalue weighted by molar-refractivity contribution is -0.113. The van der Waals surface area contributed by atoms with Crippen molar-refractivity contribution in [2.45, 2.75) is 29.9 Å². The number of sulfonamides is 1. The first-order valence-electron chi connectivity index (χ1n) is 11.6. The Morgan fingerprint density at radius 2 is 1.81 bits per heavy atom. The number of hydrogen-bond acceptors (Lipinski definition) is 6. The Balaban J connectivity index is 1.43. The van der Waals surface area contributed by atoms with Crippen molar-refractivity contribution in [2.75, 3.05) is 15.4 Å². The van der Waals surface area contributed by atoms with Crippen molar-refractivity contribution < 1.29 is 13.2 Å². The first kappa shape index (κ1) is 25.3. The van der Waals surface area contributed by atoms with Crippen molar-refractivity contribution in [3.05, 3.63) is 95.1 Å². The van der Waals surface area contributed by atoms with Crippen molar-refractivity contribution in [1.29, 1.82) is 0 Å². The number of thioether (sulfide) groups is 1. The molecule has 0 fully saturated rings. The summed E-state index contributed by atoms with van der Waals surface area (Å²) in [5.41, 5.74) is 4.03. The zero-order chi connectivity index (χ0) is 26.0. The van der Waals surface area contributed by atoms with Gasteiger partial charge in [-0.3, -0.25) is 9.10 Å². The molecule has 37 heavy (non-hydrogen) atoms. The minimum absolute atomic E-state index is 0.00359. The van der Waals surface area contributed by atoms with Gasteiger partial charge in [0.15, 0.2) is 5.16 Å². The summed E-state index contributed by atoms with van der Waals surface area (Å²) in [6, 6.07) is 22.1. The Labute approximate surface area is 225 Å². The molecule has 0 unspecified atom stereocenters. The molecule has 0 aliphatic carbocycles. The lowest BCUT2D eigenvalue weighted by Gasteiger charge is -2.31. The lowest BCUT2D eigenvalue weighted by Crippen LogP contribution is -2.34. The number of carbonyl (C=O) groups is 1. The van der Waals surface area contributed by atoms with E-state index >= 15 is 0 Å². The van der Waals surface area contributed by atoms with Gasteiger partial charge in [0.05, 0.1) is 29.9 Å². The van der Waals surface area contributed by atoms with Gasteiger partial charge >= 0.3 is 0 Å². The molecule has 2 heterocycles. The number of para-hydroxylation sites is 1. The van der Waals surface area contributed by atoms with Crippen LogP contribution in [0.25, 0.3) is 11.3 Å². The van der Waals surface area contributed by atoms with Crippen LogP contribution in [0.2, 0.25) is 5.02 Å². The van der Waals surface area contributed by atoms with E-state index in [4.69, 9.17) is 11.6 Å². The third-order valence-corrected chi connectivity index (χ3v) is 8.81. The molecule has 1 aliphatic rings. The van der Waals surface area contributed by atoms with Crippen LogP contribution in [0.4, 0.5) is 11.4 Å². The number of benzene rings is 3. The Bertz CT molecular complexity index is 1580. The first-order valence-corrected chi connectivity index (χ1v) is 14.4. The van der Waals surface area contributed by atoms with Crippen LogP contribution >= 0.6 is 23.4 Å². The van der Waals surface area contributed by atoms with Gasteiger partial charge in [-0.2, -0.15) is 0 Å². The predicted octanol–water partition coefficient (Wildman–Crippen LogP) is 5.80. The number of nitrogens with one attached hydrogen (secondary N) is 1. The van der Waals surface area contributed by atoms with E-state index in [0.29, 0.717) is 21.4 Å². The van der Waals surface area contributed by atoms with Crippen molar-refractivity contribution in [3.63, 3.8) is 0 Å². The number of carbonyl (C=O) groups excluding carboxylic acids is 1. The molecule has 0 atom stereocenters. The van der Waals surface area contributed by atoms with Gasteiger partial charge in [-0.15, -0.1) is 0 Å². The van der Waals surface area contributed by atoms with Crippen molar-refractivity contribution in [2.24, 2.45) is 0 Å². The molecule has 10 heteroatoms. The molecule has 0 bridgehead atoms. The summed E-state index contributed by atoms with van der Waals surface area (Å²) in [5, 5.41) is 3.69. The number of amides is 1.